The van der Waals surface area contributed by atoms with Crippen molar-refractivity contribution in [3.63, 3.8) is 0 Å². The monoisotopic (exact) mass is 826 g/mol. The van der Waals surface area contributed by atoms with Gasteiger partial charge < -0.3 is 40.6 Å². The van der Waals surface area contributed by atoms with Crippen LogP contribution < -0.4 is 26.0 Å². The number of esters is 2. The minimum atomic E-state index is -1.81. The Morgan fingerprint density at radius 3 is 2.27 bits per heavy atom. The molecule has 14 heteroatoms. The predicted molar refractivity (Wildman–Crippen MR) is 222 cm³/mol. The third kappa shape index (κ3) is 13.7. The molecule has 2 aliphatic heterocycles. The van der Waals surface area contributed by atoms with E-state index in [9.17, 15) is 33.9 Å². The molecule has 0 aromatic heterocycles. The summed E-state index contributed by atoms with van der Waals surface area (Å²) in [4.78, 5) is 81.0. The van der Waals surface area contributed by atoms with E-state index in [1.807, 2.05) is 31.2 Å². The van der Waals surface area contributed by atoms with Crippen LogP contribution in [0.2, 0.25) is 0 Å². The molecule has 4 amide bonds. The van der Waals surface area contributed by atoms with Crippen molar-refractivity contribution in [3.05, 3.63) is 95.6 Å². The number of hydrogen-bond acceptors (Lipinski definition) is 10. The van der Waals surface area contributed by atoms with Gasteiger partial charge in [0.2, 0.25) is 11.8 Å². The Balaban J connectivity index is 1.32. The minimum absolute atomic E-state index is 0.0828. The van der Waals surface area contributed by atoms with Gasteiger partial charge in [-0.2, -0.15) is 0 Å². The number of ether oxygens (including phenoxy) is 3. The summed E-state index contributed by atoms with van der Waals surface area (Å²) in [5.41, 5.74) is 1.19. The van der Waals surface area contributed by atoms with Crippen LogP contribution in [0.4, 0.5) is 0 Å². The van der Waals surface area contributed by atoms with Crippen LogP contribution in [0.15, 0.2) is 78.9 Å². The largest absolute Gasteiger partial charge is 0.458 e. The lowest BCUT2D eigenvalue weighted by Gasteiger charge is -2.31. The van der Waals surface area contributed by atoms with Crippen LogP contribution in [0.1, 0.15) is 102 Å². The molecule has 5 N–H and O–H groups in total. The molecule has 3 aliphatic rings. The van der Waals surface area contributed by atoms with E-state index in [4.69, 9.17) is 14.2 Å². The first-order valence-corrected chi connectivity index (χ1v) is 20.9. The zero-order valence-electron chi connectivity index (χ0n) is 34.9. The van der Waals surface area contributed by atoms with Gasteiger partial charge in [-0.05, 0) is 93.3 Å². The first-order chi connectivity index (χ1) is 28.7. The van der Waals surface area contributed by atoms with Crippen molar-refractivity contribution in [2.24, 2.45) is 5.92 Å². The molecule has 6 rings (SSSR count). The van der Waals surface area contributed by atoms with Crippen molar-refractivity contribution >= 4 is 35.6 Å². The highest BCUT2D eigenvalue weighted by Gasteiger charge is 2.37. The molecule has 322 valence electrons. The molecular weight excluding hydrogens is 769 g/mol. The van der Waals surface area contributed by atoms with Gasteiger partial charge in [0.25, 0.3) is 11.8 Å². The van der Waals surface area contributed by atoms with Crippen molar-refractivity contribution in [3.8, 4) is 11.5 Å². The van der Waals surface area contributed by atoms with Crippen molar-refractivity contribution in [1.82, 2.24) is 21.3 Å². The Labute approximate surface area is 351 Å². The molecule has 3 aromatic rings. The predicted octanol–water partition coefficient (Wildman–Crippen LogP) is 4.91. The molecule has 0 radical (unpaired) electrons. The number of rotatable bonds is 12. The van der Waals surface area contributed by atoms with Crippen molar-refractivity contribution < 1.29 is 48.1 Å². The number of carbonyl (C=O) groups excluding carboxylic acids is 6. The first-order valence-electron chi connectivity index (χ1n) is 20.9. The van der Waals surface area contributed by atoms with Gasteiger partial charge in [0.15, 0.2) is 18.2 Å². The Morgan fingerprint density at radius 2 is 1.58 bits per heavy atom. The van der Waals surface area contributed by atoms with Gasteiger partial charge in [0, 0.05) is 12.8 Å². The van der Waals surface area contributed by atoms with Crippen LogP contribution in [0.3, 0.4) is 0 Å². The molecule has 0 saturated heterocycles. The number of benzene rings is 3. The topological polar surface area (TPSA) is 198 Å². The second kappa shape index (κ2) is 21.5. The molecule has 5 atom stereocenters. The molecule has 1 aliphatic carbocycles. The molecule has 3 aromatic carbocycles. The molecule has 2 heterocycles. The normalized spacial score (nSPS) is 19.2. The zero-order valence-corrected chi connectivity index (χ0v) is 34.9. The fourth-order valence-corrected chi connectivity index (χ4v) is 7.40. The summed E-state index contributed by atoms with van der Waals surface area (Å²) in [5, 5.41) is 21.9. The average Bonchev–Trinajstić information content (AvgIpc) is 3.22. The molecule has 1 saturated carbocycles. The van der Waals surface area contributed by atoms with Gasteiger partial charge in [0.1, 0.15) is 23.1 Å². The van der Waals surface area contributed by atoms with Crippen LogP contribution in [0, 0.1) is 5.92 Å². The highest BCUT2D eigenvalue weighted by molar-refractivity contribution is 5.91. The van der Waals surface area contributed by atoms with E-state index < -0.39 is 72.1 Å². The maximum Gasteiger partial charge on any atom is 0.333 e. The Kier molecular flexibility index (Phi) is 16.2. The standard InChI is InChI=1S/C46H58N4O10/c1-5-13-35(41(53)43(55)47-28-38(52)50-40(32-17-10-7-11-18-32)45(57)60-46(2,3)4)48-42(54)36-27-30-14-12-19-34(26-30)58-33-23-20-29(21-24-33)22-25-37(51)49-39(44(56)59-36)31-15-8-6-9-16-31/h7,10-12,14,17-21,23-24,26,31,35-36,39-41,53H,5-6,8-9,13,15-16,22,25,27-28H2,1-4H3,(H,47,55)(H,48,54)(H,49,51)(H,50,52). The summed E-state index contributed by atoms with van der Waals surface area (Å²) in [6.45, 7) is 6.33. The van der Waals surface area contributed by atoms with Gasteiger partial charge in [-0.1, -0.05) is 87.2 Å². The smallest absolute Gasteiger partial charge is 0.333 e. The second-order valence-electron chi connectivity index (χ2n) is 16.5. The van der Waals surface area contributed by atoms with E-state index >= 15 is 0 Å². The molecule has 14 nitrogen and oxygen atoms in total. The summed E-state index contributed by atoms with van der Waals surface area (Å²) < 4.78 is 17.6. The van der Waals surface area contributed by atoms with Crippen LogP contribution in [-0.2, 0) is 51.1 Å². The van der Waals surface area contributed by atoms with E-state index in [-0.39, 0.29) is 31.1 Å². The molecule has 4 bridgehead atoms. The quantitative estimate of drug-likeness (QED) is 0.157. The number of aliphatic hydroxyl groups is 1. The van der Waals surface area contributed by atoms with E-state index in [0.29, 0.717) is 48.3 Å². The van der Waals surface area contributed by atoms with Gasteiger partial charge >= 0.3 is 11.9 Å². The summed E-state index contributed by atoms with van der Waals surface area (Å²) in [6.07, 6.45) is 2.11. The summed E-state index contributed by atoms with van der Waals surface area (Å²) in [5.74, 6) is -3.28. The lowest BCUT2D eigenvalue weighted by atomic mass is 9.83. The fraction of sp³-hybridized carbons (Fsp3) is 0.478. The van der Waals surface area contributed by atoms with E-state index in [0.717, 1.165) is 24.8 Å². The second-order valence-corrected chi connectivity index (χ2v) is 16.5. The number of amides is 4. The highest BCUT2D eigenvalue weighted by atomic mass is 16.6. The number of carbonyl (C=O) groups is 6. The summed E-state index contributed by atoms with van der Waals surface area (Å²) in [7, 11) is 0. The van der Waals surface area contributed by atoms with E-state index in [1.54, 1.807) is 75.4 Å². The van der Waals surface area contributed by atoms with Gasteiger partial charge in [-0.15, -0.1) is 0 Å². The summed E-state index contributed by atoms with van der Waals surface area (Å²) >= 11 is 0. The third-order valence-electron chi connectivity index (χ3n) is 10.4. The molecule has 5 unspecified atom stereocenters. The SMILES string of the molecule is CCCC(NC(=O)C1Cc2cccc(c2)Oc2ccc(cc2)CCC(=O)NC(C2CCCCC2)C(=O)O1)C(O)C(=O)NCC(=O)NC(C(=O)OC(C)(C)C)c1ccccc1. The van der Waals surface area contributed by atoms with Gasteiger partial charge in [-0.3, -0.25) is 19.2 Å². The van der Waals surface area contributed by atoms with Gasteiger partial charge in [0.05, 0.1) is 12.6 Å². The Bertz CT molecular complexity index is 1940. The van der Waals surface area contributed by atoms with Crippen LogP contribution in [0.5, 0.6) is 11.5 Å². The Morgan fingerprint density at radius 1 is 0.867 bits per heavy atom. The lowest BCUT2D eigenvalue weighted by molar-refractivity contribution is -0.161. The molecule has 0 spiro atoms. The average molecular weight is 827 g/mol. The van der Waals surface area contributed by atoms with Crippen molar-refractivity contribution in [2.75, 3.05) is 6.54 Å². The van der Waals surface area contributed by atoms with Crippen LogP contribution >= 0.6 is 0 Å². The van der Waals surface area contributed by atoms with Crippen molar-refractivity contribution in [2.45, 2.75) is 128 Å². The van der Waals surface area contributed by atoms with E-state index in [1.165, 1.54) is 0 Å². The highest BCUT2D eigenvalue weighted by Crippen LogP contribution is 2.29. The molecule has 1 fully saturated rings. The number of aliphatic hydroxyl groups excluding tert-OH is 1. The maximum absolute atomic E-state index is 14.2. The van der Waals surface area contributed by atoms with Crippen LogP contribution in [-0.4, -0.2) is 77.1 Å². The van der Waals surface area contributed by atoms with Gasteiger partial charge in [-0.25, -0.2) is 9.59 Å². The zero-order chi connectivity index (χ0) is 43.2. The number of aryl methyl sites for hydroxylation is 1. The number of fused-ring (bicyclic) bond motifs is 10. The van der Waals surface area contributed by atoms with Crippen LogP contribution in [0.25, 0.3) is 0 Å². The third-order valence-corrected chi connectivity index (χ3v) is 10.4. The summed E-state index contributed by atoms with van der Waals surface area (Å²) in [6, 6.07) is 19.7. The van der Waals surface area contributed by atoms with Crippen molar-refractivity contribution in [1.29, 1.82) is 0 Å². The maximum atomic E-state index is 14.2. The lowest BCUT2D eigenvalue weighted by Crippen LogP contribution is -2.55. The number of nitrogens with one attached hydrogen (secondary N) is 4. The van der Waals surface area contributed by atoms with E-state index in [2.05, 4.69) is 21.3 Å². The number of hydrogen-bond donors (Lipinski definition) is 5. The minimum Gasteiger partial charge on any atom is -0.458 e. The molecular formula is C46H58N4O10. The molecule has 60 heavy (non-hydrogen) atoms. The fourth-order valence-electron chi connectivity index (χ4n) is 7.40. The Hall–Kier alpha value is -5.76. The first kappa shape index (κ1) is 45.3.